The van der Waals surface area contributed by atoms with Crippen molar-refractivity contribution in [3.05, 3.63) is 0 Å². The molecule has 1 atom stereocenters. The minimum absolute atomic E-state index is 0.243. The molecule has 0 bridgehead atoms. The second kappa shape index (κ2) is 5.74. The molecule has 1 fully saturated rings. The van der Waals surface area contributed by atoms with Crippen LogP contribution in [0.4, 0.5) is 0 Å². The van der Waals surface area contributed by atoms with Crippen LogP contribution in [0.15, 0.2) is 0 Å². The molecule has 88 valence electrons. The number of likely N-dealkylation sites (tertiary alicyclic amines) is 1. The van der Waals surface area contributed by atoms with Crippen LogP contribution in [-0.4, -0.2) is 29.3 Å². The smallest absolute Gasteiger partial charge is 0.222 e. The summed E-state index contributed by atoms with van der Waals surface area (Å²) in [6.45, 7) is 8.02. The summed E-state index contributed by atoms with van der Waals surface area (Å²) in [5.74, 6) is 1.36. The monoisotopic (exact) mass is 231 g/mol. The van der Waals surface area contributed by atoms with Crippen LogP contribution in [0, 0.1) is 11.8 Å². The van der Waals surface area contributed by atoms with Gasteiger partial charge in [-0.05, 0) is 31.6 Å². The quantitative estimate of drug-likeness (QED) is 0.684. The maximum Gasteiger partial charge on any atom is 0.222 e. The lowest BCUT2D eigenvalue weighted by atomic mass is 9.93. The van der Waals surface area contributed by atoms with Gasteiger partial charge in [-0.25, -0.2) is 0 Å². The van der Waals surface area contributed by atoms with Crippen LogP contribution >= 0.6 is 11.6 Å². The van der Waals surface area contributed by atoms with Crippen LogP contribution in [0.1, 0.15) is 40.0 Å². The zero-order valence-corrected chi connectivity index (χ0v) is 10.8. The Labute approximate surface area is 98.0 Å². The number of piperidine rings is 1. The normalized spacial score (nSPS) is 20.7. The lowest BCUT2D eigenvalue weighted by molar-refractivity contribution is -0.133. The summed E-state index contributed by atoms with van der Waals surface area (Å²) in [5.41, 5.74) is 0. The van der Waals surface area contributed by atoms with Gasteiger partial charge in [-0.2, -0.15) is 0 Å². The summed E-state index contributed by atoms with van der Waals surface area (Å²) >= 11 is 6.06. The van der Waals surface area contributed by atoms with Crippen LogP contribution < -0.4 is 0 Å². The highest BCUT2D eigenvalue weighted by molar-refractivity contribution is 6.20. The third-order valence-electron chi connectivity index (χ3n) is 3.12. The molecule has 0 aliphatic carbocycles. The van der Waals surface area contributed by atoms with Gasteiger partial charge >= 0.3 is 0 Å². The molecular formula is C12H22ClNO. The number of amides is 1. The Morgan fingerprint density at radius 1 is 1.33 bits per heavy atom. The fourth-order valence-corrected chi connectivity index (χ4v) is 2.34. The van der Waals surface area contributed by atoms with Gasteiger partial charge in [0.2, 0.25) is 5.91 Å². The molecule has 1 unspecified atom stereocenters. The van der Waals surface area contributed by atoms with Crippen LogP contribution in [0.5, 0.6) is 0 Å². The third-order valence-corrected chi connectivity index (χ3v) is 3.48. The van der Waals surface area contributed by atoms with Crippen molar-refractivity contribution in [2.75, 3.05) is 13.1 Å². The second-order valence-corrected chi connectivity index (χ2v) is 5.68. The Balaban J connectivity index is 2.34. The van der Waals surface area contributed by atoms with E-state index in [9.17, 15) is 4.79 Å². The molecule has 3 heteroatoms. The van der Waals surface area contributed by atoms with Gasteiger partial charge in [0, 0.05) is 24.9 Å². The number of hydrogen-bond donors (Lipinski definition) is 0. The van der Waals surface area contributed by atoms with Crippen LogP contribution in [-0.2, 0) is 4.79 Å². The van der Waals surface area contributed by atoms with Crippen molar-refractivity contribution in [2.24, 2.45) is 11.8 Å². The fraction of sp³-hybridized carbons (Fsp3) is 0.917. The van der Waals surface area contributed by atoms with Crippen molar-refractivity contribution < 1.29 is 4.79 Å². The van der Waals surface area contributed by atoms with Gasteiger partial charge in [-0.15, -0.1) is 11.6 Å². The Morgan fingerprint density at radius 2 is 1.87 bits per heavy atom. The molecule has 0 aromatic carbocycles. The molecule has 0 aromatic heterocycles. The van der Waals surface area contributed by atoms with Gasteiger partial charge in [0.25, 0.3) is 0 Å². The Morgan fingerprint density at radius 3 is 2.27 bits per heavy atom. The van der Waals surface area contributed by atoms with Crippen molar-refractivity contribution >= 4 is 17.5 Å². The second-order valence-electron chi connectivity index (χ2n) is 4.99. The molecule has 15 heavy (non-hydrogen) atoms. The molecule has 0 saturated carbocycles. The average Bonchev–Trinajstić information content (AvgIpc) is 2.17. The molecular weight excluding hydrogens is 210 g/mol. The van der Waals surface area contributed by atoms with E-state index in [4.69, 9.17) is 11.6 Å². The number of carbonyl (C=O) groups is 1. The first kappa shape index (κ1) is 12.8. The van der Waals surface area contributed by atoms with E-state index in [2.05, 4.69) is 20.8 Å². The molecule has 0 radical (unpaired) electrons. The zero-order chi connectivity index (χ0) is 11.4. The predicted molar refractivity (Wildman–Crippen MR) is 64.1 cm³/mol. The first-order valence-electron chi connectivity index (χ1n) is 5.92. The summed E-state index contributed by atoms with van der Waals surface area (Å²) < 4.78 is 0. The number of halogens is 1. The molecule has 0 spiro atoms. The fourth-order valence-electron chi connectivity index (χ4n) is 2.09. The summed E-state index contributed by atoms with van der Waals surface area (Å²) in [6.07, 6.45) is 2.81. The lowest BCUT2D eigenvalue weighted by Gasteiger charge is -2.33. The van der Waals surface area contributed by atoms with Gasteiger partial charge in [-0.3, -0.25) is 4.79 Å². The van der Waals surface area contributed by atoms with E-state index >= 15 is 0 Å². The first-order chi connectivity index (χ1) is 7.00. The zero-order valence-electron chi connectivity index (χ0n) is 10.0. The van der Waals surface area contributed by atoms with Gasteiger partial charge in [0.05, 0.1) is 0 Å². The Hall–Kier alpha value is -0.240. The summed E-state index contributed by atoms with van der Waals surface area (Å²) in [4.78, 5) is 13.8. The van der Waals surface area contributed by atoms with Gasteiger partial charge < -0.3 is 4.90 Å². The molecule has 1 heterocycles. The molecule has 0 aromatic rings. The minimum Gasteiger partial charge on any atom is -0.343 e. The van der Waals surface area contributed by atoms with Crippen molar-refractivity contribution in [3.63, 3.8) is 0 Å². The number of rotatable bonds is 3. The third kappa shape index (κ3) is 4.02. The lowest BCUT2D eigenvalue weighted by Crippen LogP contribution is -2.40. The molecule has 1 amide bonds. The summed E-state index contributed by atoms with van der Waals surface area (Å²) in [5, 5.41) is 0.243. The van der Waals surface area contributed by atoms with Crippen molar-refractivity contribution in [1.29, 1.82) is 0 Å². The minimum atomic E-state index is 0.243. The molecule has 0 N–H and O–H groups in total. The van der Waals surface area contributed by atoms with Crippen molar-refractivity contribution in [3.8, 4) is 0 Å². The Kier molecular flexibility index (Phi) is 4.91. The molecule has 1 saturated heterocycles. The van der Waals surface area contributed by atoms with Crippen molar-refractivity contribution in [2.45, 2.75) is 45.4 Å². The van der Waals surface area contributed by atoms with E-state index < -0.39 is 0 Å². The average molecular weight is 232 g/mol. The Bertz CT molecular complexity index is 208. The van der Waals surface area contributed by atoms with Crippen LogP contribution in [0.2, 0.25) is 0 Å². The molecule has 1 rings (SSSR count). The highest BCUT2D eigenvalue weighted by atomic mass is 35.5. The largest absolute Gasteiger partial charge is 0.343 e. The van der Waals surface area contributed by atoms with Gasteiger partial charge in [-0.1, -0.05) is 13.8 Å². The summed E-state index contributed by atoms with van der Waals surface area (Å²) in [7, 11) is 0. The number of hydrogen-bond acceptors (Lipinski definition) is 1. The number of alkyl halides is 1. The van der Waals surface area contributed by atoms with Gasteiger partial charge in [0.15, 0.2) is 0 Å². The molecule has 1 aliphatic rings. The van der Waals surface area contributed by atoms with E-state index in [0.29, 0.717) is 24.2 Å². The highest BCUT2D eigenvalue weighted by Crippen LogP contribution is 2.24. The van der Waals surface area contributed by atoms with E-state index in [1.807, 2.05) is 4.90 Å². The maximum absolute atomic E-state index is 11.8. The van der Waals surface area contributed by atoms with Crippen LogP contribution in [0.25, 0.3) is 0 Å². The van der Waals surface area contributed by atoms with Crippen molar-refractivity contribution in [1.82, 2.24) is 4.90 Å². The number of carbonyl (C=O) groups excluding carboxylic acids is 1. The van der Waals surface area contributed by atoms with E-state index in [1.165, 1.54) is 0 Å². The molecule has 1 aliphatic heterocycles. The number of nitrogens with zero attached hydrogens (tertiary/aromatic N) is 1. The standard InChI is InChI=1S/C12H22ClNO/c1-9(2)8-12(15)14-6-4-11(5-7-14)10(3)13/h9-11H,4-8H2,1-3H3. The topological polar surface area (TPSA) is 20.3 Å². The molecule has 2 nitrogen and oxygen atoms in total. The predicted octanol–water partition coefficient (Wildman–Crippen LogP) is 2.90. The highest BCUT2D eigenvalue weighted by Gasteiger charge is 2.25. The van der Waals surface area contributed by atoms with Crippen LogP contribution in [0.3, 0.4) is 0 Å². The first-order valence-corrected chi connectivity index (χ1v) is 6.36. The van der Waals surface area contributed by atoms with E-state index in [0.717, 1.165) is 25.9 Å². The van der Waals surface area contributed by atoms with Gasteiger partial charge in [0.1, 0.15) is 0 Å². The van der Waals surface area contributed by atoms with E-state index in [-0.39, 0.29) is 5.38 Å². The van der Waals surface area contributed by atoms with E-state index in [1.54, 1.807) is 0 Å². The maximum atomic E-state index is 11.8. The SMILES string of the molecule is CC(C)CC(=O)N1CCC(C(C)Cl)CC1. The summed E-state index contributed by atoms with van der Waals surface area (Å²) in [6, 6.07) is 0.